The van der Waals surface area contributed by atoms with Crippen molar-refractivity contribution in [1.29, 1.82) is 0 Å². The van der Waals surface area contributed by atoms with E-state index in [1.54, 1.807) is 29.1 Å². The first-order chi connectivity index (χ1) is 17.7. The number of aromatic amines is 3. The second-order valence-corrected chi connectivity index (χ2v) is 11.0. The van der Waals surface area contributed by atoms with E-state index in [4.69, 9.17) is 11.5 Å². The van der Waals surface area contributed by atoms with Gasteiger partial charge in [-0.15, -0.1) is 0 Å². The molecule has 0 fully saturated rings. The van der Waals surface area contributed by atoms with E-state index in [9.17, 15) is 9.59 Å². The average molecular weight is 634 g/mol. The SMILES string of the molecule is Cn1cc(Br)cc1C(=O)NCC1Cc2[nH]c(N)nc2C(c2cnc(N)[nH]2)C1CNC(=O)c1cc(Br)c[nH]1. The quantitative estimate of drug-likeness (QED) is 0.163. The number of anilines is 2. The van der Waals surface area contributed by atoms with Gasteiger partial charge in [0.05, 0.1) is 11.9 Å². The van der Waals surface area contributed by atoms with Gasteiger partial charge in [0, 0.05) is 58.8 Å². The molecule has 0 spiro atoms. The fraction of sp³-hybridized carbons (Fsp3) is 0.304. The molecule has 0 aromatic carbocycles. The predicted octanol–water partition coefficient (Wildman–Crippen LogP) is 2.27. The maximum Gasteiger partial charge on any atom is 0.267 e. The van der Waals surface area contributed by atoms with Crippen LogP contribution >= 0.6 is 31.9 Å². The molecule has 0 aliphatic heterocycles. The fourth-order valence-electron chi connectivity index (χ4n) is 5.01. The highest BCUT2D eigenvalue weighted by Gasteiger charge is 2.41. The number of amides is 2. The normalized spacial score (nSPS) is 18.9. The molecule has 9 N–H and O–H groups in total. The van der Waals surface area contributed by atoms with Gasteiger partial charge in [0.2, 0.25) is 0 Å². The van der Waals surface area contributed by atoms with E-state index >= 15 is 0 Å². The summed E-state index contributed by atoms with van der Waals surface area (Å²) in [5.74, 6) is -0.350. The Balaban J connectivity index is 1.44. The van der Waals surface area contributed by atoms with Crippen LogP contribution in [0.5, 0.6) is 0 Å². The molecule has 0 bridgehead atoms. The first-order valence-corrected chi connectivity index (χ1v) is 13.1. The number of halogens is 2. The van der Waals surface area contributed by atoms with Crippen molar-refractivity contribution in [1.82, 2.24) is 40.1 Å². The summed E-state index contributed by atoms with van der Waals surface area (Å²) in [5.41, 5.74) is 15.3. The van der Waals surface area contributed by atoms with Crippen molar-refractivity contribution in [2.75, 3.05) is 24.6 Å². The van der Waals surface area contributed by atoms with Crippen molar-refractivity contribution >= 4 is 55.6 Å². The van der Waals surface area contributed by atoms with E-state index in [1.165, 1.54) is 0 Å². The van der Waals surface area contributed by atoms with Gasteiger partial charge in [0.25, 0.3) is 11.8 Å². The number of carbonyl (C=O) groups excluding carboxylic acids is 2. The Bertz CT molecular complexity index is 1450. The summed E-state index contributed by atoms with van der Waals surface area (Å²) in [5, 5.41) is 6.11. The number of nitrogen functional groups attached to an aromatic ring is 2. The minimum absolute atomic E-state index is 0.0646. The number of imidazole rings is 2. The standard InChI is InChI=1S/C23H26Br2N10O2/c1-35-9-12(25)4-17(35)21(37)29-5-10-2-14-19(34-23(27)32-14)18(16-8-31-22(26)33-16)13(10)7-30-20(36)15-3-11(24)6-28-15/h3-4,6,8-10,13,18,28H,2,5,7H2,1H3,(H,29,37)(H,30,36)(H3,26,31,33)(H3,27,32,34). The molecule has 4 aromatic rings. The van der Waals surface area contributed by atoms with Gasteiger partial charge >= 0.3 is 0 Å². The first kappa shape index (κ1) is 25.1. The van der Waals surface area contributed by atoms with Crippen LogP contribution in [0, 0.1) is 11.8 Å². The van der Waals surface area contributed by atoms with Crippen LogP contribution < -0.4 is 22.1 Å². The Hall–Kier alpha value is -3.52. The molecule has 1 aliphatic carbocycles. The molecule has 5 rings (SSSR count). The van der Waals surface area contributed by atoms with Gasteiger partial charge in [-0.1, -0.05) is 0 Å². The van der Waals surface area contributed by atoms with Crippen LogP contribution in [0.2, 0.25) is 0 Å². The second kappa shape index (κ2) is 10.1. The molecule has 12 nitrogen and oxygen atoms in total. The van der Waals surface area contributed by atoms with Gasteiger partial charge in [-0.25, -0.2) is 9.97 Å². The molecule has 14 heteroatoms. The van der Waals surface area contributed by atoms with Gasteiger partial charge in [-0.3, -0.25) is 9.59 Å². The van der Waals surface area contributed by atoms with Crippen molar-refractivity contribution < 1.29 is 9.59 Å². The van der Waals surface area contributed by atoms with E-state index in [1.807, 2.05) is 13.2 Å². The topological polar surface area (TPSA) is 188 Å². The summed E-state index contributed by atoms with van der Waals surface area (Å²) in [6.07, 6.45) is 5.79. The molecule has 4 heterocycles. The number of fused-ring (bicyclic) bond motifs is 1. The van der Waals surface area contributed by atoms with Crippen molar-refractivity contribution in [3.63, 3.8) is 0 Å². The van der Waals surface area contributed by atoms with Crippen LogP contribution in [0.15, 0.2) is 39.7 Å². The van der Waals surface area contributed by atoms with Crippen molar-refractivity contribution in [2.24, 2.45) is 18.9 Å². The largest absolute Gasteiger partial charge is 0.369 e. The Kier molecular flexibility index (Phi) is 6.86. The fourth-order valence-corrected chi connectivity index (χ4v) is 5.88. The van der Waals surface area contributed by atoms with Gasteiger partial charge in [-0.2, -0.15) is 0 Å². The molecular weight excluding hydrogens is 608 g/mol. The van der Waals surface area contributed by atoms with E-state index in [2.05, 4.69) is 67.4 Å². The number of rotatable bonds is 7. The first-order valence-electron chi connectivity index (χ1n) is 11.6. The number of nitrogens with one attached hydrogen (secondary N) is 5. The summed E-state index contributed by atoms with van der Waals surface area (Å²) in [6, 6.07) is 3.48. The molecule has 0 saturated carbocycles. The zero-order valence-corrected chi connectivity index (χ0v) is 23.0. The molecule has 1 aliphatic rings. The number of H-pyrrole nitrogens is 3. The van der Waals surface area contributed by atoms with Crippen LogP contribution in [0.4, 0.5) is 11.9 Å². The van der Waals surface area contributed by atoms with Crippen molar-refractivity contribution in [3.8, 4) is 0 Å². The minimum atomic E-state index is -0.288. The molecular formula is C23H26Br2N10O2. The average Bonchev–Trinajstić information content (AvgIpc) is 3.62. The molecule has 3 unspecified atom stereocenters. The van der Waals surface area contributed by atoms with Gasteiger partial charge in [0.1, 0.15) is 11.4 Å². The molecule has 0 saturated heterocycles. The van der Waals surface area contributed by atoms with Crippen LogP contribution in [0.1, 0.15) is 44.0 Å². The highest BCUT2D eigenvalue weighted by Crippen LogP contribution is 2.42. The lowest BCUT2D eigenvalue weighted by molar-refractivity contribution is 0.0904. The molecule has 194 valence electrons. The highest BCUT2D eigenvalue weighted by molar-refractivity contribution is 9.10. The van der Waals surface area contributed by atoms with E-state index in [-0.39, 0.29) is 35.5 Å². The molecule has 0 radical (unpaired) electrons. The lowest BCUT2D eigenvalue weighted by Crippen LogP contribution is -2.44. The zero-order chi connectivity index (χ0) is 26.3. The predicted molar refractivity (Wildman–Crippen MR) is 145 cm³/mol. The van der Waals surface area contributed by atoms with Gasteiger partial charge in [-0.05, 0) is 62.2 Å². The van der Waals surface area contributed by atoms with Gasteiger partial charge in [0.15, 0.2) is 11.9 Å². The monoisotopic (exact) mass is 632 g/mol. The summed E-state index contributed by atoms with van der Waals surface area (Å²) >= 11 is 6.77. The van der Waals surface area contributed by atoms with Crippen LogP contribution in [-0.4, -0.2) is 54.4 Å². The Labute approximate surface area is 228 Å². The van der Waals surface area contributed by atoms with Gasteiger partial charge < -0.3 is 41.6 Å². The maximum absolute atomic E-state index is 13.0. The van der Waals surface area contributed by atoms with Crippen molar-refractivity contribution in [3.05, 3.63) is 68.1 Å². The Morgan fingerprint density at radius 2 is 1.89 bits per heavy atom. The van der Waals surface area contributed by atoms with E-state index in [0.717, 1.165) is 26.0 Å². The Morgan fingerprint density at radius 1 is 1.11 bits per heavy atom. The van der Waals surface area contributed by atoms with Crippen LogP contribution in [-0.2, 0) is 13.5 Å². The summed E-state index contributed by atoms with van der Waals surface area (Å²) in [7, 11) is 1.82. The number of aryl methyl sites for hydroxylation is 1. The minimum Gasteiger partial charge on any atom is -0.369 e. The van der Waals surface area contributed by atoms with Crippen LogP contribution in [0.3, 0.4) is 0 Å². The van der Waals surface area contributed by atoms with E-state index in [0.29, 0.717) is 36.8 Å². The second-order valence-electron chi connectivity index (χ2n) is 9.12. The van der Waals surface area contributed by atoms with Crippen molar-refractivity contribution in [2.45, 2.75) is 12.3 Å². The molecule has 37 heavy (non-hydrogen) atoms. The zero-order valence-electron chi connectivity index (χ0n) is 19.8. The number of nitrogens with two attached hydrogens (primary N) is 2. The number of carbonyl (C=O) groups is 2. The number of aromatic nitrogens is 6. The van der Waals surface area contributed by atoms with E-state index < -0.39 is 0 Å². The summed E-state index contributed by atoms with van der Waals surface area (Å²) in [4.78, 5) is 43.8. The lowest BCUT2D eigenvalue weighted by Gasteiger charge is -2.37. The highest BCUT2D eigenvalue weighted by atomic mass is 79.9. The Morgan fingerprint density at radius 3 is 2.54 bits per heavy atom. The number of hydrogen-bond donors (Lipinski definition) is 7. The maximum atomic E-state index is 13.0. The molecule has 4 aromatic heterocycles. The summed E-state index contributed by atoms with van der Waals surface area (Å²) in [6.45, 7) is 0.691. The smallest absolute Gasteiger partial charge is 0.267 e. The van der Waals surface area contributed by atoms with Crippen LogP contribution in [0.25, 0.3) is 0 Å². The summed E-state index contributed by atoms with van der Waals surface area (Å²) < 4.78 is 3.37. The number of hydrogen-bond acceptors (Lipinski definition) is 6. The third-order valence-electron chi connectivity index (χ3n) is 6.69. The molecule has 2 amide bonds. The third-order valence-corrected chi connectivity index (χ3v) is 7.59. The third kappa shape index (κ3) is 5.16. The number of nitrogens with zero attached hydrogens (tertiary/aromatic N) is 3. The molecule has 3 atom stereocenters. The lowest BCUT2D eigenvalue weighted by atomic mass is 9.71.